The Hall–Kier alpha value is -2.25. The van der Waals surface area contributed by atoms with Crippen molar-refractivity contribution in [1.29, 1.82) is 0 Å². The number of hydrogen-bond acceptors (Lipinski definition) is 5. The average molecular weight is 342 g/mol. The Morgan fingerprint density at radius 2 is 2.04 bits per heavy atom. The van der Waals surface area contributed by atoms with Crippen molar-refractivity contribution in [3.05, 3.63) is 42.5 Å². The van der Waals surface area contributed by atoms with Crippen LogP contribution in [0.4, 0.5) is 0 Å². The molecule has 1 aromatic carbocycles. The van der Waals surface area contributed by atoms with Crippen LogP contribution in [0.1, 0.15) is 36.0 Å². The van der Waals surface area contributed by atoms with E-state index in [1.807, 2.05) is 29.2 Å². The third kappa shape index (κ3) is 2.63. The number of fused-ring (bicyclic) bond motifs is 1. The Morgan fingerprint density at radius 1 is 1.28 bits per heavy atom. The van der Waals surface area contributed by atoms with Gasteiger partial charge in [0.05, 0.1) is 29.0 Å². The van der Waals surface area contributed by atoms with Gasteiger partial charge < -0.3 is 14.7 Å². The predicted octanol–water partition coefficient (Wildman–Crippen LogP) is 1.41. The zero-order chi connectivity index (χ0) is 17.4. The molecule has 1 aliphatic carbocycles. The van der Waals surface area contributed by atoms with Crippen molar-refractivity contribution in [3.8, 4) is 5.69 Å². The third-order valence-electron chi connectivity index (χ3n) is 5.65. The number of carbonyl (C=O) groups is 1. The summed E-state index contributed by atoms with van der Waals surface area (Å²) < 4.78 is 7.58. The maximum atomic E-state index is 13.3. The summed E-state index contributed by atoms with van der Waals surface area (Å²) in [4.78, 5) is 15.2. The van der Waals surface area contributed by atoms with Gasteiger partial charge in [0.25, 0.3) is 5.91 Å². The molecular formula is C18H22N4O3. The van der Waals surface area contributed by atoms with E-state index >= 15 is 0 Å². The first-order valence-corrected chi connectivity index (χ1v) is 8.63. The van der Waals surface area contributed by atoms with E-state index in [1.54, 1.807) is 24.3 Å². The van der Waals surface area contributed by atoms with E-state index in [0.29, 0.717) is 18.5 Å². The standard InChI is InChI=1S/C18H22N4O3/c1-25-18-7-6-13(23)10-16(18)22(9-8-18)17(24)14-4-2-3-5-15(14)21-11-19-20-12-21/h2-5,11-13,16,23H,6-10H2,1H3/t13-,16-,18+/m0/s1. The van der Waals surface area contributed by atoms with Crippen molar-refractivity contribution >= 4 is 5.91 Å². The Morgan fingerprint density at radius 3 is 2.80 bits per heavy atom. The van der Waals surface area contributed by atoms with E-state index in [4.69, 9.17) is 4.74 Å². The highest BCUT2D eigenvalue weighted by Gasteiger charge is 2.52. The van der Waals surface area contributed by atoms with Gasteiger partial charge in [0, 0.05) is 13.7 Å². The van der Waals surface area contributed by atoms with Crippen molar-refractivity contribution in [2.75, 3.05) is 13.7 Å². The quantitative estimate of drug-likeness (QED) is 0.912. The molecule has 4 rings (SSSR count). The second-order valence-corrected chi connectivity index (χ2v) is 6.85. The molecule has 2 aromatic rings. The summed E-state index contributed by atoms with van der Waals surface area (Å²) in [6.45, 7) is 0.639. The summed E-state index contributed by atoms with van der Waals surface area (Å²) in [5, 5.41) is 17.8. The molecule has 1 aliphatic heterocycles. The number of amides is 1. The van der Waals surface area contributed by atoms with Crippen LogP contribution in [-0.2, 0) is 4.74 Å². The van der Waals surface area contributed by atoms with E-state index in [2.05, 4.69) is 10.2 Å². The van der Waals surface area contributed by atoms with Gasteiger partial charge >= 0.3 is 0 Å². The molecule has 2 aliphatic rings. The number of methoxy groups -OCH3 is 1. The minimum Gasteiger partial charge on any atom is -0.393 e. The topological polar surface area (TPSA) is 80.5 Å². The molecule has 7 heteroatoms. The van der Waals surface area contributed by atoms with Crippen LogP contribution in [0.15, 0.2) is 36.9 Å². The van der Waals surface area contributed by atoms with Crippen LogP contribution in [0.3, 0.4) is 0 Å². The Balaban J connectivity index is 1.68. The zero-order valence-corrected chi connectivity index (χ0v) is 14.2. The molecular weight excluding hydrogens is 320 g/mol. The molecule has 1 aromatic heterocycles. The molecule has 25 heavy (non-hydrogen) atoms. The van der Waals surface area contributed by atoms with Crippen molar-refractivity contribution in [2.45, 2.75) is 43.4 Å². The van der Waals surface area contributed by atoms with Gasteiger partial charge in [-0.05, 0) is 37.8 Å². The van der Waals surface area contributed by atoms with Gasteiger partial charge in [0.15, 0.2) is 0 Å². The summed E-state index contributed by atoms with van der Waals surface area (Å²) in [5.41, 5.74) is 1.03. The largest absolute Gasteiger partial charge is 0.393 e. The number of aromatic nitrogens is 3. The first kappa shape index (κ1) is 16.2. The van der Waals surface area contributed by atoms with Crippen molar-refractivity contribution in [2.24, 2.45) is 0 Å². The summed E-state index contributed by atoms with van der Waals surface area (Å²) in [5.74, 6) is -0.0395. The molecule has 7 nitrogen and oxygen atoms in total. The van der Waals surface area contributed by atoms with Gasteiger partial charge in [-0.25, -0.2) is 0 Å². The first-order valence-electron chi connectivity index (χ1n) is 8.63. The number of hydrogen-bond donors (Lipinski definition) is 1. The van der Waals surface area contributed by atoms with Gasteiger partial charge in [-0.15, -0.1) is 10.2 Å². The first-order chi connectivity index (χ1) is 12.1. The highest BCUT2D eigenvalue weighted by atomic mass is 16.5. The Labute approximate surface area is 146 Å². The number of rotatable bonds is 3. The van der Waals surface area contributed by atoms with E-state index in [0.717, 1.165) is 24.9 Å². The maximum absolute atomic E-state index is 13.3. The van der Waals surface area contributed by atoms with Crippen LogP contribution >= 0.6 is 0 Å². The molecule has 1 N–H and O–H groups in total. The summed E-state index contributed by atoms with van der Waals surface area (Å²) >= 11 is 0. The summed E-state index contributed by atoms with van der Waals surface area (Å²) in [6, 6.07) is 7.36. The molecule has 132 valence electrons. The number of para-hydroxylation sites is 1. The van der Waals surface area contributed by atoms with Crippen molar-refractivity contribution in [1.82, 2.24) is 19.7 Å². The lowest BCUT2D eigenvalue weighted by Gasteiger charge is -2.42. The number of aliphatic hydroxyl groups is 1. The van der Waals surface area contributed by atoms with Gasteiger partial charge in [-0.3, -0.25) is 9.36 Å². The van der Waals surface area contributed by atoms with Gasteiger partial charge in [-0.2, -0.15) is 0 Å². The highest BCUT2D eigenvalue weighted by Crippen LogP contribution is 2.43. The minimum atomic E-state index is -0.380. The van der Waals surface area contributed by atoms with E-state index < -0.39 is 0 Å². The Bertz CT molecular complexity index is 763. The van der Waals surface area contributed by atoms with Crippen molar-refractivity contribution in [3.63, 3.8) is 0 Å². The van der Waals surface area contributed by atoms with Gasteiger partial charge in [-0.1, -0.05) is 12.1 Å². The number of aliphatic hydroxyl groups excluding tert-OH is 1. The van der Waals surface area contributed by atoms with Crippen LogP contribution in [0.2, 0.25) is 0 Å². The lowest BCUT2D eigenvalue weighted by atomic mass is 9.79. The number of benzene rings is 1. The van der Waals surface area contributed by atoms with Crippen molar-refractivity contribution < 1.29 is 14.6 Å². The summed E-state index contributed by atoms with van der Waals surface area (Å²) in [7, 11) is 1.71. The van der Waals surface area contributed by atoms with Crippen LogP contribution in [0, 0.1) is 0 Å². The molecule has 0 unspecified atom stereocenters. The molecule has 1 saturated heterocycles. The highest BCUT2D eigenvalue weighted by molar-refractivity contribution is 5.98. The number of carbonyl (C=O) groups excluding carboxylic acids is 1. The lowest BCUT2D eigenvalue weighted by Crippen LogP contribution is -2.52. The summed E-state index contributed by atoms with van der Waals surface area (Å²) in [6.07, 6.45) is 5.67. The number of ether oxygens (including phenoxy) is 1. The second-order valence-electron chi connectivity index (χ2n) is 6.85. The lowest BCUT2D eigenvalue weighted by molar-refractivity contribution is -0.0824. The van der Waals surface area contributed by atoms with Crippen LogP contribution in [-0.4, -0.2) is 62.1 Å². The van der Waals surface area contributed by atoms with Gasteiger partial charge in [0.1, 0.15) is 12.7 Å². The molecule has 2 fully saturated rings. The maximum Gasteiger partial charge on any atom is 0.256 e. The Kier molecular flexibility index (Phi) is 4.05. The average Bonchev–Trinajstić information content (AvgIpc) is 3.29. The molecule has 3 atom stereocenters. The van der Waals surface area contributed by atoms with E-state index in [-0.39, 0.29) is 23.7 Å². The number of likely N-dealkylation sites (tertiary alicyclic amines) is 1. The fraction of sp³-hybridized carbons (Fsp3) is 0.500. The normalized spacial score (nSPS) is 28.8. The molecule has 0 radical (unpaired) electrons. The van der Waals surface area contributed by atoms with Crippen LogP contribution in [0.25, 0.3) is 5.69 Å². The van der Waals surface area contributed by atoms with Crippen LogP contribution < -0.4 is 0 Å². The SMILES string of the molecule is CO[C@@]12CC[C@H](O)C[C@@H]1N(C(=O)c1ccccc1-n1cnnc1)CC2. The van der Waals surface area contributed by atoms with E-state index in [9.17, 15) is 9.90 Å². The third-order valence-corrected chi connectivity index (χ3v) is 5.65. The fourth-order valence-electron chi connectivity index (χ4n) is 4.28. The van der Waals surface area contributed by atoms with Crippen LogP contribution in [0.5, 0.6) is 0 Å². The predicted molar refractivity (Wildman–Crippen MR) is 90.4 cm³/mol. The van der Waals surface area contributed by atoms with Gasteiger partial charge in [0.2, 0.25) is 0 Å². The zero-order valence-electron chi connectivity index (χ0n) is 14.2. The van der Waals surface area contributed by atoms with E-state index in [1.165, 1.54) is 0 Å². The smallest absolute Gasteiger partial charge is 0.256 e. The molecule has 0 bridgehead atoms. The minimum absolute atomic E-state index is 0.0395. The molecule has 1 saturated carbocycles. The fourth-order valence-corrected chi connectivity index (χ4v) is 4.28. The molecule has 1 amide bonds. The molecule has 0 spiro atoms. The molecule has 2 heterocycles. The number of nitrogens with zero attached hydrogens (tertiary/aromatic N) is 4. The monoisotopic (exact) mass is 342 g/mol. The second kappa shape index (κ2) is 6.24.